The first kappa shape index (κ1) is 93.5. The molecule has 0 aliphatic carbocycles. The molecule has 0 amide bonds. The third-order valence-electron chi connectivity index (χ3n) is 19.7. The predicted molar refractivity (Wildman–Crippen MR) is 414 cm³/mol. The van der Waals surface area contributed by atoms with E-state index in [2.05, 4.69) is 38.2 Å². The molecule has 0 saturated heterocycles. The number of phosphoric acid groups is 1. The number of rotatable bonds is 81. The van der Waals surface area contributed by atoms with Gasteiger partial charge in [-0.15, -0.1) is 0 Å². The lowest BCUT2D eigenvalue weighted by atomic mass is 10.0. The SMILES string of the molecule is CCCCCCC/C=C\C/C=C\CCCCCCCCCCCCCCCCCCCCCCCCCCCC(=O)OC(COC(=O)CCCCCCCCCCCCCCCCCCCCCCCCCCCCCCCCCCCC)COP(=O)(O)OCC[N+](C)(C)C. The summed E-state index contributed by atoms with van der Waals surface area (Å²) in [5.74, 6) is -0.766. The van der Waals surface area contributed by atoms with Gasteiger partial charge in [0, 0.05) is 12.8 Å². The molecular formula is C85H167NO8P+. The van der Waals surface area contributed by atoms with Crippen molar-refractivity contribution in [1.82, 2.24) is 0 Å². The maximum absolute atomic E-state index is 12.9. The molecule has 2 unspecified atom stereocenters. The van der Waals surface area contributed by atoms with Gasteiger partial charge in [0.05, 0.1) is 27.7 Å². The zero-order valence-corrected chi connectivity index (χ0v) is 65.6. The van der Waals surface area contributed by atoms with E-state index in [1.165, 1.54) is 385 Å². The molecule has 95 heavy (non-hydrogen) atoms. The number of hydrogen-bond donors (Lipinski definition) is 1. The first-order chi connectivity index (χ1) is 46.5. The molecular weight excluding hydrogens is 1190 g/mol. The highest BCUT2D eigenvalue weighted by molar-refractivity contribution is 7.47. The van der Waals surface area contributed by atoms with E-state index in [1.807, 2.05) is 21.1 Å². The summed E-state index contributed by atoms with van der Waals surface area (Å²) in [5.41, 5.74) is 0. The molecule has 564 valence electrons. The largest absolute Gasteiger partial charge is 0.472 e. The Hall–Kier alpha value is -1.51. The van der Waals surface area contributed by atoms with Gasteiger partial charge in [0.2, 0.25) is 0 Å². The Morgan fingerprint density at radius 2 is 0.568 bits per heavy atom. The van der Waals surface area contributed by atoms with Gasteiger partial charge in [0.25, 0.3) is 0 Å². The van der Waals surface area contributed by atoms with E-state index in [9.17, 15) is 19.0 Å². The third-order valence-corrected chi connectivity index (χ3v) is 20.7. The number of quaternary nitrogens is 1. The molecule has 0 radical (unpaired) electrons. The van der Waals surface area contributed by atoms with Gasteiger partial charge in [0.1, 0.15) is 19.8 Å². The molecule has 9 nitrogen and oxygen atoms in total. The predicted octanol–water partition coefficient (Wildman–Crippen LogP) is 28.4. The lowest BCUT2D eigenvalue weighted by Crippen LogP contribution is -2.37. The van der Waals surface area contributed by atoms with Gasteiger partial charge in [-0.3, -0.25) is 18.6 Å². The molecule has 0 aliphatic heterocycles. The molecule has 0 spiro atoms. The minimum absolute atomic E-state index is 0.0365. The third kappa shape index (κ3) is 81.3. The second kappa shape index (κ2) is 76.7. The fourth-order valence-electron chi connectivity index (χ4n) is 13.2. The van der Waals surface area contributed by atoms with Crippen molar-refractivity contribution in [3.63, 3.8) is 0 Å². The van der Waals surface area contributed by atoms with Crippen LogP contribution in [0.1, 0.15) is 457 Å². The number of ether oxygens (including phenoxy) is 2. The molecule has 0 aromatic heterocycles. The van der Waals surface area contributed by atoms with Crippen LogP contribution >= 0.6 is 7.82 Å². The zero-order valence-electron chi connectivity index (χ0n) is 64.7. The molecule has 0 aromatic carbocycles. The van der Waals surface area contributed by atoms with Crippen LogP contribution in [-0.2, 0) is 32.7 Å². The normalized spacial score (nSPS) is 13.0. The second-order valence-electron chi connectivity index (χ2n) is 30.6. The van der Waals surface area contributed by atoms with Crippen molar-refractivity contribution in [2.45, 2.75) is 463 Å². The van der Waals surface area contributed by atoms with Crippen molar-refractivity contribution in [3.8, 4) is 0 Å². The molecule has 0 fully saturated rings. The molecule has 0 rings (SSSR count). The van der Waals surface area contributed by atoms with Gasteiger partial charge < -0.3 is 18.9 Å². The first-order valence-corrected chi connectivity index (χ1v) is 44.1. The molecule has 0 heterocycles. The Morgan fingerprint density at radius 3 is 0.832 bits per heavy atom. The lowest BCUT2D eigenvalue weighted by Gasteiger charge is -2.24. The van der Waals surface area contributed by atoms with Gasteiger partial charge in [-0.1, -0.05) is 423 Å². The van der Waals surface area contributed by atoms with Crippen molar-refractivity contribution in [2.75, 3.05) is 47.5 Å². The quantitative estimate of drug-likeness (QED) is 0.0211. The van der Waals surface area contributed by atoms with Crippen molar-refractivity contribution < 1.29 is 42.1 Å². The molecule has 0 aliphatic rings. The summed E-state index contributed by atoms with van der Waals surface area (Å²) in [6, 6.07) is 0. The number of unbranched alkanes of at least 4 members (excludes halogenated alkanes) is 63. The molecule has 0 aromatic rings. The van der Waals surface area contributed by atoms with Crippen molar-refractivity contribution in [1.29, 1.82) is 0 Å². The number of phosphoric ester groups is 1. The Bertz CT molecular complexity index is 1650. The van der Waals surface area contributed by atoms with Crippen molar-refractivity contribution >= 4 is 19.8 Å². The van der Waals surface area contributed by atoms with Gasteiger partial charge in [-0.05, 0) is 44.9 Å². The molecule has 0 bridgehead atoms. The standard InChI is InChI=1S/C85H166NO8P/c1-6-8-10-12-14-16-18-20-22-24-26-28-30-32-34-36-38-40-42-43-44-46-48-50-52-54-56-58-60-62-64-66-68-70-72-74-76-78-85(88)94-83(82-93-95(89,90)92-80-79-86(3,4)5)81-91-84(87)77-75-73-71-69-67-65-63-61-59-57-55-53-51-49-47-45-41-39-37-35-33-31-29-27-25-23-21-19-17-15-13-11-9-7-2/h18,20,24,26,83H,6-17,19,21-23,25,27-82H2,1-5H3/p+1/b20-18-,26-24-. The fraction of sp³-hybridized carbons (Fsp3) is 0.929. The van der Waals surface area contributed by atoms with Crippen LogP contribution in [-0.4, -0.2) is 74.9 Å². The summed E-state index contributed by atoms with van der Waals surface area (Å²) >= 11 is 0. The summed E-state index contributed by atoms with van der Waals surface area (Å²) in [6.45, 7) is 4.52. The molecule has 0 saturated carbocycles. The first-order valence-electron chi connectivity index (χ1n) is 42.6. The molecule has 2 atom stereocenters. The number of likely N-dealkylation sites (N-methyl/N-ethyl adjacent to an activating group) is 1. The topological polar surface area (TPSA) is 108 Å². The van der Waals surface area contributed by atoms with Crippen molar-refractivity contribution in [2.24, 2.45) is 0 Å². The lowest BCUT2D eigenvalue weighted by molar-refractivity contribution is -0.870. The summed E-state index contributed by atoms with van der Waals surface area (Å²) in [5, 5.41) is 0. The Morgan fingerprint density at radius 1 is 0.326 bits per heavy atom. The number of hydrogen-bond acceptors (Lipinski definition) is 7. The Kier molecular flexibility index (Phi) is 75.4. The highest BCUT2D eigenvalue weighted by atomic mass is 31.2. The summed E-state index contributed by atoms with van der Waals surface area (Å²) in [6.07, 6.45) is 99.3. The minimum atomic E-state index is -4.39. The van der Waals surface area contributed by atoms with E-state index in [0.717, 1.165) is 44.9 Å². The second-order valence-corrected chi connectivity index (χ2v) is 32.0. The number of esters is 2. The van der Waals surface area contributed by atoms with E-state index >= 15 is 0 Å². The summed E-state index contributed by atoms with van der Waals surface area (Å²) in [4.78, 5) is 36.0. The fourth-order valence-corrected chi connectivity index (χ4v) is 14.0. The van der Waals surface area contributed by atoms with Crippen LogP contribution in [0.4, 0.5) is 0 Å². The van der Waals surface area contributed by atoms with Crippen molar-refractivity contribution in [3.05, 3.63) is 24.3 Å². The Labute approximate surface area is 593 Å². The average Bonchev–Trinajstić information content (AvgIpc) is 1.80. The maximum Gasteiger partial charge on any atom is 0.472 e. The smallest absolute Gasteiger partial charge is 0.462 e. The molecule has 10 heteroatoms. The van der Waals surface area contributed by atoms with Crippen LogP contribution < -0.4 is 0 Å². The number of allylic oxidation sites excluding steroid dienone is 4. The van der Waals surface area contributed by atoms with Gasteiger partial charge in [0.15, 0.2) is 6.10 Å². The van der Waals surface area contributed by atoms with Gasteiger partial charge in [-0.2, -0.15) is 0 Å². The van der Waals surface area contributed by atoms with Gasteiger partial charge in [-0.25, -0.2) is 4.57 Å². The number of nitrogens with zero attached hydrogens (tertiary/aromatic N) is 1. The van der Waals surface area contributed by atoms with Crippen LogP contribution in [0.5, 0.6) is 0 Å². The summed E-state index contributed by atoms with van der Waals surface area (Å²) in [7, 11) is 1.51. The average molecular weight is 1360 g/mol. The van der Waals surface area contributed by atoms with E-state index < -0.39 is 26.5 Å². The van der Waals surface area contributed by atoms with Crippen LogP contribution in [0.3, 0.4) is 0 Å². The zero-order chi connectivity index (χ0) is 69.0. The van der Waals surface area contributed by atoms with E-state index in [4.69, 9.17) is 18.5 Å². The monoisotopic (exact) mass is 1360 g/mol. The van der Waals surface area contributed by atoms with Crippen LogP contribution in [0, 0.1) is 0 Å². The van der Waals surface area contributed by atoms with Crippen LogP contribution in [0.2, 0.25) is 0 Å². The molecule has 1 N–H and O–H groups in total. The maximum atomic E-state index is 12.9. The van der Waals surface area contributed by atoms with E-state index in [-0.39, 0.29) is 25.6 Å². The minimum Gasteiger partial charge on any atom is -0.462 e. The van der Waals surface area contributed by atoms with E-state index in [1.54, 1.807) is 0 Å². The van der Waals surface area contributed by atoms with Crippen LogP contribution in [0.15, 0.2) is 24.3 Å². The number of carbonyl (C=O) groups is 2. The highest BCUT2D eigenvalue weighted by Gasteiger charge is 2.27. The number of carbonyl (C=O) groups excluding carboxylic acids is 2. The van der Waals surface area contributed by atoms with Gasteiger partial charge >= 0.3 is 19.8 Å². The van der Waals surface area contributed by atoms with E-state index in [0.29, 0.717) is 17.4 Å². The summed E-state index contributed by atoms with van der Waals surface area (Å²) < 4.78 is 34.9. The highest BCUT2D eigenvalue weighted by Crippen LogP contribution is 2.43. The Balaban J connectivity index is 3.86. The van der Waals surface area contributed by atoms with Crippen LogP contribution in [0.25, 0.3) is 0 Å².